The van der Waals surface area contributed by atoms with E-state index in [1.807, 2.05) is 0 Å². The van der Waals surface area contributed by atoms with Crippen LogP contribution in [-0.2, 0) is 4.74 Å². The molecule has 2 heterocycles. The van der Waals surface area contributed by atoms with Crippen LogP contribution in [-0.4, -0.2) is 44.8 Å². The third-order valence-corrected chi connectivity index (χ3v) is 4.68. The third-order valence-electron chi connectivity index (χ3n) is 4.35. The molecule has 0 spiro atoms. The number of aliphatic hydroxyl groups is 1. The summed E-state index contributed by atoms with van der Waals surface area (Å²) in [5, 5.41) is 11.4. The van der Waals surface area contributed by atoms with Crippen LogP contribution in [0.2, 0.25) is 0 Å². The number of carbonyl (C=O) groups excluding carboxylic acids is 1. The highest BCUT2D eigenvalue weighted by atomic mass is 35.6. The Morgan fingerprint density at radius 3 is 2.55 bits per heavy atom. The summed E-state index contributed by atoms with van der Waals surface area (Å²) in [4.78, 5) is 20.5. The molecular weight excluding hydrogens is 496 g/mol. The van der Waals surface area contributed by atoms with Crippen LogP contribution in [0.25, 0.3) is 22.4 Å². The average Bonchev–Trinajstić information content (AvgIpc) is 2.78. The molecule has 7 nitrogen and oxygen atoms in total. The van der Waals surface area contributed by atoms with Gasteiger partial charge in [-0.15, -0.1) is 0 Å². The number of alkyl halides is 3. The van der Waals surface area contributed by atoms with E-state index in [1.54, 1.807) is 43.6 Å². The summed E-state index contributed by atoms with van der Waals surface area (Å²) in [7, 11) is 0. The van der Waals surface area contributed by atoms with Crippen LogP contribution in [0.15, 0.2) is 48.8 Å². The molecule has 2 N–H and O–H groups in total. The van der Waals surface area contributed by atoms with E-state index >= 15 is 0 Å². The second-order valence-electron chi connectivity index (χ2n) is 6.85. The van der Waals surface area contributed by atoms with Crippen molar-refractivity contribution in [1.29, 1.82) is 0 Å². The average molecular weight is 515 g/mol. The quantitative estimate of drug-likeness (QED) is 0.402. The Kier molecular flexibility index (Phi) is 8.31. The zero-order chi connectivity index (χ0) is 24.0. The zero-order valence-electron chi connectivity index (χ0n) is 17.3. The topological polar surface area (TPSA) is 93.6 Å². The molecular formula is C22H19Cl3FN3O4. The van der Waals surface area contributed by atoms with Crippen molar-refractivity contribution in [2.75, 3.05) is 25.1 Å². The molecule has 0 saturated carbocycles. The Morgan fingerprint density at radius 2 is 1.88 bits per heavy atom. The summed E-state index contributed by atoms with van der Waals surface area (Å²) in [6.45, 7) is 1.09. The number of aliphatic hydroxyl groups excluding tert-OH is 1. The molecule has 0 fully saturated rings. The van der Waals surface area contributed by atoms with E-state index in [0.717, 1.165) is 5.56 Å². The number of amides is 1. The molecule has 33 heavy (non-hydrogen) atoms. The lowest BCUT2D eigenvalue weighted by Gasteiger charge is -2.15. The van der Waals surface area contributed by atoms with Crippen LogP contribution >= 0.6 is 34.8 Å². The van der Waals surface area contributed by atoms with Gasteiger partial charge in [0.15, 0.2) is 0 Å². The first-order valence-corrected chi connectivity index (χ1v) is 10.8. The lowest BCUT2D eigenvalue weighted by molar-refractivity contribution is 0.164. The number of hydrogen-bond donors (Lipinski definition) is 2. The van der Waals surface area contributed by atoms with Gasteiger partial charge in [-0.2, -0.15) is 0 Å². The monoisotopic (exact) mass is 513 g/mol. The number of anilines is 1. The number of ether oxygens (including phenoxy) is 2. The van der Waals surface area contributed by atoms with Crippen molar-refractivity contribution in [2.24, 2.45) is 0 Å². The molecule has 11 heteroatoms. The molecule has 0 saturated heterocycles. The van der Waals surface area contributed by atoms with E-state index in [1.165, 1.54) is 12.1 Å². The minimum atomic E-state index is -1.79. The highest BCUT2D eigenvalue weighted by molar-refractivity contribution is 6.67. The van der Waals surface area contributed by atoms with Crippen molar-refractivity contribution >= 4 is 46.6 Å². The van der Waals surface area contributed by atoms with Crippen molar-refractivity contribution in [3.63, 3.8) is 0 Å². The molecule has 1 aromatic carbocycles. The maximum absolute atomic E-state index is 14.6. The summed E-state index contributed by atoms with van der Waals surface area (Å²) in [6, 6.07) is 9.77. The summed E-state index contributed by atoms with van der Waals surface area (Å²) in [5.74, 6) is -0.393. The fourth-order valence-electron chi connectivity index (χ4n) is 2.93. The number of nitrogens with zero attached hydrogens (tertiary/aromatic N) is 2. The number of halogens is 4. The highest BCUT2D eigenvalue weighted by Crippen LogP contribution is 2.33. The second kappa shape index (κ2) is 11.0. The minimum absolute atomic E-state index is 0.0521. The Bertz CT molecular complexity index is 1130. The van der Waals surface area contributed by atoms with Gasteiger partial charge in [-0.3, -0.25) is 10.3 Å². The predicted molar refractivity (Wildman–Crippen MR) is 125 cm³/mol. The molecule has 0 unspecified atom stereocenters. The number of hydrogen-bond acceptors (Lipinski definition) is 6. The number of nitrogens with one attached hydrogen (secondary N) is 1. The number of rotatable bonds is 7. The van der Waals surface area contributed by atoms with Crippen molar-refractivity contribution in [1.82, 2.24) is 9.97 Å². The van der Waals surface area contributed by atoms with Gasteiger partial charge in [0, 0.05) is 24.0 Å². The summed E-state index contributed by atoms with van der Waals surface area (Å²) in [5.41, 5.74) is 3.12. The largest absolute Gasteiger partial charge is 0.475 e. The van der Waals surface area contributed by atoms with Crippen molar-refractivity contribution in [3.8, 4) is 28.3 Å². The smallest absolute Gasteiger partial charge is 0.411 e. The van der Waals surface area contributed by atoms with Gasteiger partial charge in [-0.1, -0.05) is 34.8 Å². The molecule has 0 bridgehead atoms. The van der Waals surface area contributed by atoms with Gasteiger partial charge >= 0.3 is 6.09 Å². The fraction of sp³-hybridized carbons (Fsp3) is 0.227. The molecule has 0 aliphatic rings. The number of pyridine rings is 2. The molecule has 3 rings (SSSR count). The summed E-state index contributed by atoms with van der Waals surface area (Å²) < 4.78 is 23.1. The maximum Gasteiger partial charge on any atom is 0.411 e. The Morgan fingerprint density at radius 1 is 1.15 bits per heavy atom. The van der Waals surface area contributed by atoms with E-state index < -0.39 is 22.3 Å². The standard InChI is InChI=1S/C22H19Cl3FN3O4/c1-13-8-17(26)19(29-21(31)33-12-22(23,24)25)11-16(13)15-9-18(14-2-4-27-5-3-14)28-20(10-15)32-7-6-30/h2-5,8-11,30H,6-7,12H2,1H3,(H,29,31). The third kappa shape index (κ3) is 7.17. The van der Waals surface area contributed by atoms with E-state index in [9.17, 15) is 9.18 Å². The van der Waals surface area contributed by atoms with Crippen LogP contribution in [0.4, 0.5) is 14.9 Å². The SMILES string of the molecule is Cc1cc(F)c(NC(=O)OCC(Cl)(Cl)Cl)cc1-c1cc(OCCO)nc(-c2ccncc2)c1. The van der Waals surface area contributed by atoms with Gasteiger partial charge in [0.1, 0.15) is 19.0 Å². The second-order valence-corrected chi connectivity index (χ2v) is 9.37. The normalized spacial score (nSPS) is 11.2. The first kappa shape index (κ1) is 25.0. The molecule has 0 radical (unpaired) electrons. The molecule has 174 valence electrons. The molecule has 0 aliphatic carbocycles. The molecule has 0 aliphatic heterocycles. The lowest BCUT2D eigenvalue weighted by atomic mass is 9.98. The van der Waals surface area contributed by atoms with Gasteiger partial charge in [-0.25, -0.2) is 14.2 Å². The van der Waals surface area contributed by atoms with Crippen LogP contribution in [0.1, 0.15) is 5.56 Å². The summed E-state index contributed by atoms with van der Waals surface area (Å²) in [6.07, 6.45) is 2.28. The summed E-state index contributed by atoms with van der Waals surface area (Å²) >= 11 is 16.7. The van der Waals surface area contributed by atoms with Gasteiger partial charge in [0.25, 0.3) is 0 Å². The predicted octanol–water partition coefficient (Wildman–Crippen LogP) is 5.55. The van der Waals surface area contributed by atoms with E-state index in [-0.39, 0.29) is 24.8 Å². The van der Waals surface area contributed by atoms with Crippen LogP contribution in [0.3, 0.4) is 0 Å². The van der Waals surface area contributed by atoms with Crippen LogP contribution < -0.4 is 10.1 Å². The minimum Gasteiger partial charge on any atom is -0.475 e. The van der Waals surface area contributed by atoms with Crippen molar-refractivity contribution < 1.29 is 23.8 Å². The maximum atomic E-state index is 14.6. The van der Waals surface area contributed by atoms with Gasteiger partial charge in [-0.05, 0) is 53.9 Å². The van der Waals surface area contributed by atoms with E-state index in [2.05, 4.69) is 15.3 Å². The lowest BCUT2D eigenvalue weighted by Crippen LogP contribution is -2.21. The zero-order valence-corrected chi connectivity index (χ0v) is 19.6. The van der Waals surface area contributed by atoms with Crippen LogP contribution in [0, 0.1) is 12.7 Å². The van der Waals surface area contributed by atoms with E-state index in [0.29, 0.717) is 22.4 Å². The first-order chi connectivity index (χ1) is 15.7. The Labute approximate surface area is 204 Å². The van der Waals surface area contributed by atoms with Crippen molar-refractivity contribution in [3.05, 3.63) is 60.2 Å². The molecule has 0 atom stereocenters. The highest BCUT2D eigenvalue weighted by Gasteiger charge is 2.23. The number of carbonyl (C=O) groups is 1. The Hall–Kier alpha value is -2.65. The molecule has 1 amide bonds. The van der Waals surface area contributed by atoms with Gasteiger partial charge < -0.3 is 14.6 Å². The Balaban J connectivity index is 1.99. The fourth-order valence-corrected chi connectivity index (χ4v) is 3.09. The van der Waals surface area contributed by atoms with Gasteiger partial charge in [0.05, 0.1) is 18.0 Å². The van der Waals surface area contributed by atoms with E-state index in [4.69, 9.17) is 49.4 Å². The number of benzene rings is 1. The van der Waals surface area contributed by atoms with Crippen molar-refractivity contribution in [2.45, 2.75) is 10.7 Å². The van der Waals surface area contributed by atoms with Gasteiger partial charge in [0.2, 0.25) is 9.67 Å². The number of aryl methyl sites for hydroxylation is 1. The number of aromatic nitrogens is 2. The van der Waals surface area contributed by atoms with Crippen LogP contribution in [0.5, 0.6) is 5.88 Å². The first-order valence-electron chi connectivity index (χ1n) is 9.63. The molecule has 2 aromatic heterocycles. The molecule has 3 aromatic rings.